The van der Waals surface area contributed by atoms with Gasteiger partial charge in [-0.3, -0.25) is 9.59 Å². The minimum Gasteiger partial charge on any atom is -0.338 e. The average Bonchev–Trinajstić information content (AvgIpc) is 3.11. The molecule has 0 unspecified atom stereocenters. The Morgan fingerprint density at radius 3 is 2.81 bits per heavy atom. The van der Waals surface area contributed by atoms with Gasteiger partial charge in [0.2, 0.25) is 11.8 Å². The molecule has 0 spiro atoms. The highest BCUT2D eigenvalue weighted by molar-refractivity contribution is 7.08. The molecule has 2 aromatic rings. The number of hydrogen-bond donors (Lipinski definition) is 1. The van der Waals surface area contributed by atoms with Gasteiger partial charge >= 0.3 is 0 Å². The predicted octanol–water partition coefficient (Wildman–Crippen LogP) is 2.74. The van der Waals surface area contributed by atoms with Crippen molar-refractivity contribution in [3.05, 3.63) is 52.7 Å². The van der Waals surface area contributed by atoms with Gasteiger partial charge in [0.25, 0.3) is 0 Å². The van der Waals surface area contributed by atoms with Gasteiger partial charge in [-0.1, -0.05) is 30.3 Å². The number of hydrogen-bond acceptors (Lipinski definition) is 3. The van der Waals surface area contributed by atoms with Crippen molar-refractivity contribution >= 4 is 28.8 Å². The first-order valence-corrected chi connectivity index (χ1v) is 7.81. The molecule has 3 rings (SSSR count). The van der Waals surface area contributed by atoms with Crippen LogP contribution in [-0.4, -0.2) is 23.3 Å². The van der Waals surface area contributed by atoms with Crippen LogP contribution in [0.1, 0.15) is 12.0 Å². The van der Waals surface area contributed by atoms with Crippen molar-refractivity contribution < 1.29 is 9.59 Å². The van der Waals surface area contributed by atoms with Crippen LogP contribution in [0.25, 0.3) is 0 Å². The second-order valence-electron chi connectivity index (χ2n) is 5.16. The number of amides is 2. The molecule has 1 aromatic heterocycles. The van der Waals surface area contributed by atoms with Crippen LogP contribution in [-0.2, 0) is 16.1 Å². The van der Waals surface area contributed by atoms with E-state index in [9.17, 15) is 9.59 Å². The van der Waals surface area contributed by atoms with Crippen LogP contribution in [0.4, 0.5) is 5.69 Å². The van der Waals surface area contributed by atoms with Gasteiger partial charge in [0.05, 0.1) is 11.6 Å². The third-order valence-corrected chi connectivity index (χ3v) is 4.27. The minimum absolute atomic E-state index is 0.0457. The second-order valence-corrected chi connectivity index (χ2v) is 5.94. The molecule has 1 aromatic carbocycles. The Balaban J connectivity index is 1.60. The van der Waals surface area contributed by atoms with E-state index in [0.717, 1.165) is 11.3 Å². The molecule has 5 heteroatoms. The molecule has 108 valence electrons. The molecule has 0 bridgehead atoms. The molecule has 1 N–H and O–H groups in total. The third-order valence-electron chi connectivity index (χ3n) is 3.59. The molecule has 1 saturated heterocycles. The van der Waals surface area contributed by atoms with Gasteiger partial charge in [0.1, 0.15) is 0 Å². The normalized spacial score (nSPS) is 18.0. The average molecular weight is 300 g/mol. The van der Waals surface area contributed by atoms with Gasteiger partial charge in [-0.2, -0.15) is 11.3 Å². The number of nitrogens with zero attached hydrogens (tertiary/aromatic N) is 1. The molecule has 1 fully saturated rings. The summed E-state index contributed by atoms with van der Waals surface area (Å²) in [4.78, 5) is 26.0. The van der Waals surface area contributed by atoms with Crippen molar-refractivity contribution in [1.29, 1.82) is 0 Å². The van der Waals surface area contributed by atoms with Gasteiger partial charge in [-0.25, -0.2) is 0 Å². The van der Waals surface area contributed by atoms with Crippen LogP contribution in [0.2, 0.25) is 0 Å². The summed E-state index contributed by atoms with van der Waals surface area (Å²) in [5.74, 6) is -0.289. The molecule has 21 heavy (non-hydrogen) atoms. The summed E-state index contributed by atoms with van der Waals surface area (Å²) in [7, 11) is 0. The molecular formula is C16H16N2O2S. The van der Waals surface area contributed by atoms with Crippen molar-refractivity contribution in [2.24, 2.45) is 5.92 Å². The number of likely N-dealkylation sites (tertiary alicyclic amines) is 1. The number of carbonyl (C=O) groups excluding carboxylic acids is 2. The Labute approximate surface area is 127 Å². The van der Waals surface area contributed by atoms with Crippen LogP contribution in [0.3, 0.4) is 0 Å². The molecular weight excluding hydrogens is 284 g/mol. The lowest BCUT2D eigenvalue weighted by molar-refractivity contribution is -0.128. The highest BCUT2D eigenvalue weighted by atomic mass is 32.1. The fraction of sp³-hybridized carbons (Fsp3) is 0.250. The molecule has 4 nitrogen and oxygen atoms in total. The number of anilines is 1. The van der Waals surface area contributed by atoms with Gasteiger partial charge in [0, 0.05) is 24.9 Å². The Morgan fingerprint density at radius 2 is 2.10 bits per heavy atom. The summed E-state index contributed by atoms with van der Waals surface area (Å²) in [5.41, 5.74) is 1.89. The highest BCUT2D eigenvalue weighted by Gasteiger charge is 2.34. The predicted molar refractivity (Wildman–Crippen MR) is 82.9 cm³/mol. The van der Waals surface area contributed by atoms with Crippen LogP contribution in [0.5, 0.6) is 0 Å². The first kappa shape index (κ1) is 13.8. The summed E-state index contributed by atoms with van der Waals surface area (Å²) in [6.45, 7) is 1.06. The van der Waals surface area contributed by atoms with E-state index in [1.807, 2.05) is 47.2 Å². The Hall–Kier alpha value is -2.14. The zero-order valence-electron chi connectivity index (χ0n) is 11.5. The van der Waals surface area contributed by atoms with Crippen molar-refractivity contribution in [1.82, 2.24) is 4.90 Å². The first-order valence-electron chi connectivity index (χ1n) is 6.87. The number of thiophene rings is 1. The summed E-state index contributed by atoms with van der Waals surface area (Å²) >= 11 is 1.53. The van der Waals surface area contributed by atoms with E-state index in [0.29, 0.717) is 19.5 Å². The topological polar surface area (TPSA) is 49.4 Å². The molecule has 0 saturated carbocycles. The fourth-order valence-electron chi connectivity index (χ4n) is 2.48. The standard InChI is InChI=1S/C16H16N2O2S/c19-15-8-13(16(20)17-14-6-7-21-11-14)10-18(15)9-12-4-2-1-3-5-12/h1-7,11,13H,8-10H2,(H,17,20)/t13-/m0/s1. The summed E-state index contributed by atoms with van der Waals surface area (Å²) < 4.78 is 0. The summed E-state index contributed by atoms with van der Waals surface area (Å²) in [6, 6.07) is 11.7. The number of rotatable bonds is 4. The molecule has 1 atom stereocenters. The molecule has 1 aliphatic heterocycles. The highest BCUT2D eigenvalue weighted by Crippen LogP contribution is 2.22. The Morgan fingerprint density at radius 1 is 1.29 bits per heavy atom. The van der Waals surface area contributed by atoms with Crippen molar-refractivity contribution in [3.8, 4) is 0 Å². The van der Waals surface area contributed by atoms with E-state index in [-0.39, 0.29) is 17.7 Å². The number of carbonyl (C=O) groups is 2. The van der Waals surface area contributed by atoms with E-state index in [1.54, 1.807) is 4.90 Å². The van der Waals surface area contributed by atoms with E-state index in [4.69, 9.17) is 0 Å². The lowest BCUT2D eigenvalue weighted by atomic mass is 10.1. The number of benzene rings is 1. The smallest absolute Gasteiger partial charge is 0.229 e. The maximum Gasteiger partial charge on any atom is 0.229 e. The van der Waals surface area contributed by atoms with Gasteiger partial charge in [0.15, 0.2) is 0 Å². The van der Waals surface area contributed by atoms with E-state index in [1.165, 1.54) is 11.3 Å². The van der Waals surface area contributed by atoms with Gasteiger partial charge in [-0.15, -0.1) is 0 Å². The van der Waals surface area contributed by atoms with E-state index < -0.39 is 0 Å². The lowest BCUT2D eigenvalue weighted by Gasteiger charge is -2.16. The van der Waals surface area contributed by atoms with Gasteiger partial charge < -0.3 is 10.2 Å². The second kappa shape index (κ2) is 6.10. The maximum atomic E-state index is 12.2. The first-order chi connectivity index (χ1) is 10.2. The third kappa shape index (κ3) is 3.31. The Bertz CT molecular complexity index is 625. The van der Waals surface area contributed by atoms with Crippen molar-refractivity contribution in [2.45, 2.75) is 13.0 Å². The monoisotopic (exact) mass is 300 g/mol. The van der Waals surface area contributed by atoms with Crippen molar-refractivity contribution in [3.63, 3.8) is 0 Å². The van der Waals surface area contributed by atoms with E-state index >= 15 is 0 Å². The lowest BCUT2D eigenvalue weighted by Crippen LogP contribution is -2.27. The minimum atomic E-state index is -0.263. The molecule has 0 radical (unpaired) electrons. The fourth-order valence-corrected chi connectivity index (χ4v) is 3.07. The zero-order chi connectivity index (χ0) is 14.7. The van der Waals surface area contributed by atoms with Crippen LogP contribution in [0.15, 0.2) is 47.2 Å². The SMILES string of the molecule is O=C(Nc1ccsc1)[C@H]1CC(=O)N(Cc2ccccc2)C1. The molecule has 1 aliphatic rings. The number of nitrogens with one attached hydrogen (secondary N) is 1. The van der Waals surface area contributed by atoms with Crippen LogP contribution < -0.4 is 5.32 Å². The maximum absolute atomic E-state index is 12.2. The quantitative estimate of drug-likeness (QED) is 0.944. The van der Waals surface area contributed by atoms with Crippen molar-refractivity contribution in [2.75, 3.05) is 11.9 Å². The molecule has 2 amide bonds. The van der Waals surface area contributed by atoms with E-state index in [2.05, 4.69) is 5.32 Å². The largest absolute Gasteiger partial charge is 0.338 e. The summed E-state index contributed by atoms with van der Waals surface area (Å²) in [6.07, 6.45) is 0.294. The molecule has 2 heterocycles. The summed E-state index contributed by atoms with van der Waals surface area (Å²) in [5, 5.41) is 6.66. The molecule has 0 aliphatic carbocycles. The van der Waals surface area contributed by atoms with Gasteiger partial charge in [-0.05, 0) is 17.0 Å². The van der Waals surface area contributed by atoms with Crippen LogP contribution >= 0.6 is 11.3 Å². The Kier molecular flexibility index (Phi) is 4.01. The zero-order valence-corrected chi connectivity index (χ0v) is 12.3. The van der Waals surface area contributed by atoms with Crippen LogP contribution in [0, 0.1) is 5.92 Å².